The van der Waals surface area contributed by atoms with Crippen LogP contribution >= 0.6 is 0 Å². The number of piperidine rings is 1. The first-order valence-corrected chi connectivity index (χ1v) is 10.2. The summed E-state index contributed by atoms with van der Waals surface area (Å²) in [6.07, 6.45) is 4.24. The lowest BCUT2D eigenvalue weighted by molar-refractivity contribution is 0.0526. The quantitative estimate of drug-likeness (QED) is 0.644. The van der Waals surface area contributed by atoms with Crippen LogP contribution in [0.25, 0.3) is 0 Å². The van der Waals surface area contributed by atoms with Gasteiger partial charge in [-0.25, -0.2) is 4.79 Å². The molecule has 1 saturated heterocycles. The van der Waals surface area contributed by atoms with Gasteiger partial charge in [-0.05, 0) is 74.9 Å². The number of anilines is 1. The molecule has 0 spiro atoms. The van der Waals surface area contributed by atoms with Crippen molar-refractivity contribution in [1.29, 1.82) is 0 Å². The summed E-state index contributed by atoms with van der Waals surface area (Å²) >= 11 is 0. The van der Waals surface area contributed by atoms with E-state index in [2.05, 4.69) is 34.2 Å². The Morgan fingerprint density at radius 3 is 2.43 bits per heavy atom. The molecule has 28 heavy (non-hydrogen) atoms. The van der Waals surface area contributed by atoms with Gasteiger partial charge in [0.1, 0.15) is 5.75 Å². The number of nitrogens with zero attached hydrogens (tertiary/aromatic N) is 3. The van der Waals surface area contributed by atoms with Gasteiger partial charge in [-0.1, -0.05) is 6.92 Å². The van der Waals surface area contributed by atoms with Crippen molar-refractivity contribution in [1.82, 2.24) is 10.2 Å². The van der Waals surface area contributed by atoms with Gasteiger partial charge in [0.2, 0.25) is 0 Å². The standard InChI is InChI=1S/C22H29N3O3/c1-3-19-7-10-21(24-23-19)25-14-11-17(12-15-25)13-16-28-20-8-5-18(6-9-20)22(26)27-4-2/h5-10,17H,3-4,11-16H2,1-2H3. The summed E-state index contributed by atoms with van der Waals surface area (Å²) < 4.78 is 10.8. The molecule has 0 unspecified atom stereocenters. The highest BCUT2D eigenvalue weighted by atomic mass is 16.5. The molecule has 0 amide bonds. The number of aryl methyl sites for hydroxylation is 1. The maximum absolute atomic E-state index is 11.7. The topological polar surface area (TPSA) is 64.6 Å². The van der Waals surface area contributed by atoms with Crippen LogP contribution in [-0.4, -0.2) is 42.5 Å². The third-order valence-corrected chi connectivity index (χ3v) is 5.17. The lowest BCUT2D eigenvalue weighted by atomic mass is 9.94. The summed E-state index contributed by atoms with van der Waals surface area (Å²) in [5, 5.41) is 8.61. The van der Waals surface area contributed by atoms with E-state index in [9.17, 15) is 4.79 Å². The number of hydrogen-bond donors (Lipinski definition) is 0. The number of carbonyl (C=O) groups excluding carboxylic acids is 1. The molecular formula is C22H29N3O3. The Hall–Kier alpha value is -2.63. The van der Waals surface area contributed by atoms with Gasteiger partial charge in [0.25, 0.3) is 0 Å². The first-order chi connectivity index (χ1) is 13.7. The first kappa shape index (κ1) is 20.1. The van der Waals surface area contributed by atoms with E-state index < -0.39 is 0 Å². The molecule has 1 aromatic heterocycles. The Morgan fingerprint density at radius 2 is 1.82 bits per heavy atom. The van der Waals surface area contributed by atoms with E-state index in [0.717, 1.165) is 56.0 Å². The minimum atomic E-state index is -0.296. The van der Waals surface area contributed by atoms with E-state index in [4.69, 9.17) is 9.47 Å². The van der Waals surface area contributed by atoms with Gasteiger partial charge in [-0.3, -0.25) is 0 Å². The summed E-state index contributed by atoms with van der Waals surface area (Å²) in [6.45, 7) is 6.99. The molecule has 1 aliphatic heterocycles. The minimum absolute atomic E-state index is 0.296. The fourth-order valence-corrected chi connectivity index (χ4v) is 3.41. The van der Waals surface area contributed by atoms with Crippen LogP contribution < -0.4 is 9.64 Å². The van der Waals surface area contributed by atoms with E-state index in [1.807, 2.05) is 12.1 Å². The number of esters is 1. The second-order valence-corrected chi connectivity index (χ2v) is 7.05. The molecule has 1 aromatic carbocycles. The highest BCUT2D eigenvalue weighted by Gasteiger charge is 2.20. The number of carbonyl (C=O) groups is 1. The van der Waals surface area contributed by atoms with Crippen LogP contribution in [0.15, 0.2) is 36.4 Å². The summed E-state index contributed by atoms with van der Waals surface area (Å²) in [5.74, 6) is 2.14. The predicted molar refractivity (Wildman–Crippen MR) is 109 cm³/mol. The van der Waals surface area contributed by atoms with Crippen LogP contribution in [0, 0.1) is 5.92 Å². The van der Waals surface area contributed by atoms with Gasteiger partial charge in [0, 0.05) is 13.1 Å². The highest BCUT2D eigenvalue weighted by Crippen LogP contribution is 2.24. The lowest BCUT2D eigenvalue weighted by Crippen LogP contribution is -2.34. The number of aromatic nitrogens is 2. The molecule has 6 nitrogen and oxygen atoms in total. The van der Waals surface area contributed by atoms with Crippen molar-refractivity contribution in [2.24, 2.45) is 5.92 Å². The Morgan fingerprint density at radius 1 is 1.07 bits per heavy atom. The Labute approximate surface area is 166 Å². The Bertz CT molecular complexity index is 739. The number of benzene rings is 1. The van der Waals surface area contributed by atoms with Gasteiger partial charge < -0.3 is 14.4 Å². The zero-order valence-electron chi connectivity index (χ0n) is 16.8. The molecule has 0 radical (unpaired) electrons. The van der Waals surface area contributed by atoms with E-state index in [1.54, 1.807) is 19.1 Å². The van der Waals surface area contributed by atoms with E-state index in [0.29, 0.717) is 24.7 Å². The van der Waals surface area contributed by atoms with Crippen molar-refractivity contribution in [3.63, 3.8) is 0 Å². The average Bonchev–Trinajstić information content (AvgIpc) is 2.75. The van der Waals surface area contributed by atoms with Crippen molar-refractivity contribution >= 4 is 11.8 Å². The fourth-order valence-electron chi connectivity index (χ4n) is 3.41. The zero-order valence-corrected chi connectivity index (χ0v) is 16.8. The molecule has 0 bridgehead atoms. The number of ether oxygens (including phenoxy) is 2. The third-order valence-electron chi connectivity index (χ3n) is 5.17. The summed E-state index contributed by atoms with van der Waals surface area (Å²) in [4.78, 5) is 14.0. The summed E-state index contributed by atoms with van der Waals surface area (Å²) in [5.41, 5.74) is 1.59. The van der Waals surface area contributed by atoms with Gasteiger partial charge >= 0.3 is 5.97 Å². The maximum Gasteiger partial charge on any atom is 0.338 e. The van der Waals surface area contributed by atoms with Gasteiger partial charge in [-0.15, -0.1) is 5.10 Å². The van der Waals surface area contributed by atoms with Crippen molar-refractivity contribution in [2.45, 2.75) is 39.5 Å². The van der Waals surface area contributed by atoms with Crippen LogP contribution in [0.1, 0.15) is 49.2 Å². The summed E-state index contributed by atoms with van der Waals surface area (Å²) in [7, 11) is 0. The van der Waals surface area contributed by atoms with Crippen LogP contribution in [0.4, 0.5) is 5.82 Å². The SMILES string of the molecule is CCOC(=O)c1ccc(OCCC2CCN(c3ccc(CC)nn3)CC2)cc1. The molecule has 0 saturated carbocycles. The molecule has 0 atom stereocenters. The highest BCUT2D eigenvalue weighted by molar-refractivity contribution is 5.89. The largest absolute Gasteiger partial charge is 0.494 e. The van der Waals surface area contributed by atoms with E-state index >= 15 is 0 Å². The maximum atomic E-state index is 11.7. The molecule has 1 fully saturated rings. The zero-order chi connectivity index (χ0) is 19.8. The average molecular weight is 383 g/mol. The Kier molecular flexibility index (Phi) is 7.23. The van der Waals surface area contributed by atoms with Crippen LogP contribution in [0.2, 0.25) is 0 Å². The van der Waals surface area contributed by atoms with Crippen molar-refractivity contribution in [3.05, 3.63) is 47.7 Å². The molecule has 6 heteroatoms. The van der Waals surface area contributed by atoms with Crippen molar-refractivity contribution in [3.8, 4) is 5.75 Å². The van der Waals surface area contributed by atoms with Crippen LogP contribution in [-0.2, 0) is 11.2 Å². The van der Waals surface area contributed by atoms with Gasteiger partial charge in [-0.2, -0.15) is 5.10 Å². The fraction of sp³-hybridized carbons (Fsp3) is 0.500. The van der Waals surface area contributed by atoms with Crippen LogP contribution in [0.5, 0.6) is 5.75 Å². The Balaban J connectivity index is 1.39. The first-order valence-electron chi connectivity index (χ1n) is 10.2. The monoisotopic (exact) mass is 383 g/mol. The second kappa shape index (κ2) is 10.1. The molecule has 0 aliphatic carbocycles. The molecule has 2 heterocycles. The normalized spacial score (nSPS) is 14.7. The minimum Gasteiger partial charge on any atom is -0.494 e. The van der Waals surface area contributed by atoms with Gasteiger partial charge in [0.15, 0.2) is 5.82 Å². The summed E-state index contributed by atoms with van der Waals surface area (Å²) in [6, 6.07) is 11.3. The van der Waals surface area contributed by atoms with Crippen molar-refractivity contribution in [2.75, 3.05) is 31.2 Å². The molecule has 3 rings (SSSR count). The molecule has 0 N–H and O–H groups in total. The third kappa shape index (κ3) is 5.44. The molecule has 2 aromatic rings. The van der Waals surface area contributed by atoms with Crippen LogP contribution in [0.3, 0.4) is 0 Å². The smallest absolute Gasteiger partial charge is 0.338 e. The molecular weight excluding hydrogens is 354 g/mol. The van der Waals surface area contributed by atoms with Crippen molar-refractivity contribution < 1.29 is 14.3 Å². The number of rotatable bonds is 8. The van der Waals surface area contributed by atoms with Gasteiger partial charge in [0.05, 0.1) is 24.5 Å². The number of hydrogen-bond acceptors (Lipinski definition) is 6. The molecule has 150 valence electrons. The second-order valence-electron chi connectivity index (χ2n) is 7.05. The lowest BCUT2D eigenvalue weighted by Gasteiger charge is -2.32. The van der Waals surface area contributed by atoms with E-state index in [-0.39, 0.29) is 5.97 Å². The predicted octanol–water partition coefficient (Wildman–Crippen LogP) is 3.90. The van der Waals surface area contributed by atoms with E-state index in [1.165, 1.54) is 0 Å². The molecule has 1 aliphatic rings.